The van der Waals surface area contributed by atoms with Crippen LogP contribution in [0.5, 0.6) is 0 Å². The summed E-state index contributed by atoms with van der Waals surface area (Å²) < 4.78 is 0. The molecule has 0 aliphatic heterocycles. The topological polar surface area (TPSA) is 23.8 Å². The first-order chi connectivity index (χ1) is 7.24. The van der Waals surface area contributed by atoms with E-state index in [0.29, 0.717) is 16.5 Å². The van der Waals surface area contributed by atoms with Crippen LogP contribution in [0, 0.1) is 11.3 Å². The zero-order valence-electron chi connectivity index (χ0n) is 8.17. The first-order valence-corrected chi connectivity index (χ1v) is 6.43. The minimum atomic E-state index is 0.588. The van der Waals surface area contributed by atoms with Gasteiger partial charge in [0.25, 0.3) is 0 Å². The van der Waals surface area contributed by atoms with Crippen LogP contribution in [0.25, 0.3) is 0 Å². The maximum atomic E-state index is 8.36. The molecule has 0 unspecified atom stereocenters. The summed E-state index contributed by atoms with van der Waals surface area (Å²) in [5, 5.41) is 9.55. The zero-order valence-corrected chi connectivity index (χ0v) is 10.5. The van der Waals surface area contributed by atoms with Gasteiger partial charge in [0.2, 0.25) is 0 Å². The Hall–Kier alpha value is -0.360. The molecule has 0 atom stereocenters. The normalized spacial score (nSPS) is 9.93. The Morgan fingerprint density at radius 2 is 2.00 bits per heavy atom. The lowest BCUT2D eigenvalue weighted by molar-refractivity contribution is 0.830. The van der Waals surface area contributed by atoms with Crippen LogP contribution in [-0.4, -0.2) is 5.75 Å². The van der Waals surface area contributed by atoms with Crippen molar-refractivity contribution in [3.63, 3.8) is 0 Å². The van der Waals surface area contributed by atoms with Crippen molar-refractivity contribution in [1.29, 1.82) is 5.26 Å². The molecule has 0 saturated carbocycles. The number of hydrogen-bond acceptors (Lipinski definition) is 2. The molecule has 80 valence electrons. The van der Waals surface area contributed by atoms with Gasteiger partial charge in [-0.1, -0.05) is 23.2 Å². The van der Waals surface area contributed by atoms with E-state index >= 15 is 0 Å². The molecule has 1 aromatic carbocycles. The lowest BCUT2D eigenvalue weighted by Crippen LogP contribution is -1.81. The molecule has 0 N–H and O–H groups in total. The van der Waals surface area contributed by atoms with Crippen LogP contribution >= 0.6 is 35.0 Å². The Morgan fingerprint density at radius 3 is 2.67 bits per heavy atom. The van der Waals surface area contributed by atoms with Crippen LogP contribution in [-0.2, 0) is 0 Å². The molecule has 1 nitrogen and oxygen atoms in total. The average molecular weight is 260 g/mol. The number of hydrogen-bond donors (Lipinski definition) is 0. The molecule has 1 aromatic rings. The van der Waals surface area contributed by atoms with Gasteiger partial charge < -0.3 is 0 Å². The van der Waals surface area contributed by atoms with Gasteiger partial charge in [-0.15, -0.1) is 11.8 Å². The van der Waals surface area contributed by atoms with Crippen molar-refractivity contribution in [2.75, 3.05) is 5.75 Å². The quantitative estimate of drug-likeness (QED) is 0.562. The highest BCUT2D eigenvalue weighted by molar-refractivity contribution is 7.99. The summed E-state index contributed by atoms with van der Waals surface area (Å²) in [6, 6.07) is 7.78. The molecule has 0 aliphatic carbocycles. The summed E-state index contributed by atoms with van der Waals surface area (Å²) in [6.07, 6.45) is 2.66. The predicted octanol–water partition coefficient (Wildman–Crippen LogP) is 4.78. The third-order valence-corrected chi connectivity index (χ3v) is 3.66. The van der Waals surface area contributed by atoms with E-state index in [0.717, 1.165) is 23.5 Å². The van der Waals surface area contributed by atoms with E-state index in [1.54, 1.807) is 11.8 Å². The second kappa shape index (κ2) is 7.00. The largest absolute Gasteiger partial charge is 0.198 e. The number of halogens is 2. The first kappa shape index (κ1) is 12.7. The molecule has 0 heterocycles. The number of nitriles is 1. The van der Waals surface area contributed by atoms with Gasteiger partial charge in [-0.25, -0.2) is 0 Å². The lowest BCUT2D eigenvalue weighted by Gasteiger charge is -2.02. The van der Waals surface area contributed by atoms with E-state index in [4.69, 9.17) is 28.5 Å². The molecule has 0 bridgehead atoms. The Balaban J connectivity index is 2.32. The lowest BCUT2D eigenvalue weighted by atomic mass is 10.3. The van der Waals surface area contributed by atoms with Crippen molar-refractivity contribution in [3.05, 3.63) is 28.2 Å². The van der Waals surface area contributed by atoms with E-state index in [2.05, 4.69) is 6.07 Å². The summed E-state index contributed by atoms with van der Waals surface area (Å²) in [4.78, 5) is 1.13. The van der Waals surface area contributed by atoms with Crippen LogP contribution < -0.4 is 0 Å². The van der Waals surface area contributed by atoms with Crippen LogP contribution in [0.2, 0.25) is 10.0 Å². The predicted molar refractivity (Wildman–Crippen MR) is 66.7 cm³/mol. The van der Waals surface area contributed by atoms with Crippen molar-refractivity contribution in [1.82, 2.24) is 0 Å². The van der Waals surface area contributed by atoms with Gasteiger partial charge in [0.15, 0.2) is 0 Å². The van der Waals surface area contributed by atoms with Gasteiger partial charge in [0.1, 0.15) is 0 Å². The third kappa shape index (κ3) is 4.79. The fraction of sp³-hybridized carbons (Fsp3) is 0.364. The third-order valence-electron chi connectivity index (χ3n) is 1.84. The molecule has 15 heavy (non-hydrogen) atoms. The highest BCUT2D eigenvalue weighted by atomic mass is 35.5. The van der Waals surface area contributed by atoms with Crippen molar-refractivity contribution in [2.45, 2.75) is 24.2 Å². The number of unbranched alkanes of at least 4 members (excludes halogenated alkanes) is 2. The Morgan fingerprint density at radius 1 is 1.20 bits per heavy atom. The number of thioether (sulfide) groups is 1. The van der Waals surface area contributed by atoms with Crippen LogP contribution in [0.1, 0.15) is 19.3 Å². The molecule has 0 fully saturated rings. The standard InChI is InChI=1S/C11H11Cl2NS/c12-10-5-4-9(8-11(10)13)15-7-3-1-2-6-14/h4-5,8H,1-3,7H2. The van der Waals surface area contributed by atoms with E-state index in [9.17, 15) is 0 Å². The fourth-order valence-electron chi connectivity index (χ4n) is 1.06. The molecule has 1 rings (SSSR count). The number of benzene rings is 1. The molecule has 0 radical (unpaired) electrons. The average Bonchev–Trinajstić information content (AvgIpc) is 2.23. The second-order valence-electron chi connectivity index (χ2n) is 3.04. The SMILES string of the molecule is N#CCCCCSc1ccc(Cl)c(Cl)c1. The first-order valence-electron chi connectivity index (χ1n) is 4.69. The van der Waals surface area contributed by atoms with Gasteiger partial charge in [-0.05, 0) is 36.8 Å². The molecule has 0 spiro atoms. The summed E-state index contributed by atoms with van der Waals surface area (Å²) in [5.41, 5.74) is 0. The maximum absolute atomic E-state index is 8.36. The molecule has 4 heteroatoms. The van der Waals surface area contributed by atoms with Gasteiger partial charge in [0.05, 0.1) is 16.1 Å². The molecule has 0 aromatic heterocycles. The Kier molecular flexibility index (Phi) is 5.93. The van der Waals surface area contributed by atoms with E-state index in [-0.39, 0.29) is 0 Å². The number of nitrogens with zero attached hydrogens (tertiary/aromatic N) is 1. The number of rotatable bonds is 5. The van der Waals surface area contributed by atoms with Crippen LogP contribution in [0.15, 0.2) is 23.1 Å². The molecular formula is C11H11Cl2NS. The summed E-state index contributed by atoms with van der Waals surface area (Å²) in [7, 11) is 0. The highest BCUT2D eigenvalue weighted by Gasteiger charge is 1.99. The summed E-state index contributed by atoms with van der Waals surface area (Å²) in [6.45, 7) is 0. The molecule has 0 aliphatic rings. The van der Waals surface area contributed by atoms with Gasteiger partial charge in [0, 0.05) is 11.3 Å². The molecular weight excluding hydrogens is 249 g/mol. The van der Waals surface area contributed by atoms with Crippen molar-refractivity contribution in [2.24, 2.45) is 0 Å². The summed E-state index contributed by atoms with van der Waals surface area (Å²) in [5.74, 6) is 1.01. The zero-order chi connectivity index (χ0) is 11.1. The van der Waals surface area contributed by atoms with E-state index < -0.39 is 0 Å². The monoisotopic (exact) mass is 259 g/mol. The van der Waals surface area contributed by atoms with E-state index in [1.807, 2.05) is 18.2 Å². The maximum Gasteiger partial charge on any atom is 0.0621 e. The van der Waals surface area contributed by atoms with Crippen LogP contribution in [0.3, 0.4) is 0 Å². The highest BCUT2D eigenvalue weighted by Crippen LogP contribution is 2.28. The van der Waals surface area contributed by atoms with Gasteiger partial charge in [-0.2, -0.15) is 5.26 Å². The Bertz CT molecular complexity index is 360. The van der Waals surface area contributed by atoms with Crippen LogP contribution in [0.4, 0.5) is 0 Å². The minimum absolute atomic E-state index is 0.588. The Labute approximate surface area is 104 Å². The second-order valence-corrected chi connectivity index (χ2v) is 5.02. The molecule has 0 amide bonds. The summed E-state index contributed by atoms with van der Waals surface area (Å²) >= 11 is 13.4. The van der Waals surface area contributed by atoms with Crippen molar-refractivity contribution < 1.29 is 0 Å². The smallest absolute Gasteiger partial charge is 0.0621 e. The molecule has 0 saturated heterocycles. The fourth-order valence-corrected chi connectivity index (χ4v) is 2.38. The minimum Gasteiger partial charge on any atom is -0.198 e. The van der Waals surface area contributed by atoms with Crippen molar-refractivity contribution >= 4 is 35.0 Å². The van der Waals surface area contributed by atoms with E-state index in [1.165, 1.54) is 0 Å². The van der Waals surface area contributed by atoms with Crippen molar-refractivity contribution in [3.8, 4) is 6.07 Å². The van der Waals surface area contributed by atoms with Gasteiger partial charge >= 0.3 is 0 Å². The van der Waals surface area contributed by atoms with Gasteiger partial charge in [-0.3, -0.25) is 0 Å².